The normalized spacial score (nSPS) is 18.6. The smallest absolute Gasteiger partial charge is 0.303 e. The van der Waals surface area contributed by atoms with Crippen LogP contribution in [0, 0.1) is 12.8 Å². The monoisotopic (exact) mass is 281 g/mol. The Morgan fingerprint density at radius 1 is 1.47 bits per heavy atom. The first-order valence-electron chi connectivity index (χ1n) is 6.24. The van der Waals surface area contributed by atoms with Crippen molar-refractivity contribution in [3.63, 3.8) is 0 Å². The number of likely N-dealkylation sites (tertiary alicyclic amines) is 1. The Hall–Kier alpha value is -1.55. The second-order valence-electron chi connectivity index (χ2n) is 4.96. The molecule has 1 unspecified atom stereocenters. The molecule has 1 heterocycles. The fraction of sp³-hybridized carbons (Fsp3) is 0.429. The third-order valence-electron chi connectivity index (χ3n) is 3.46. The second kappa shape index (κ2) is 5.61. The molecule has 1 amide bonds. The van der Waals surface area contributed by atoms with E-state index in [9.17, 15) is 9.59 Å². The van der Waals surface area contributed by atoms with Crippen LogP contribution in [-0.2, 0) is 4.79 Å². The standard InChI is InChI=1S/C14H16ClNO3/c1-9-6-11(15)2-3-12(9)14(19)16-5-4-10(8-16)7-13(17)18/h2-3,6,10H,4-5,7-8H2,1H3,(H,17,18). The number of carbonyl (C=O) groups excluding carboxylic acids is 1. The Morgan fingerprint density at radius 3 is 2.84 bits per heavy atom. The number of hydrogen-bond acceptors (Lipinski definition) is 2. The minimum absolute atomic E-state index is 0.0398. The number of halogens is 1. The number of benzene rings is 1. The Kier molecular flexibility index (Phi) is 4.10. The van der Waals surface area contributed by atoms with E-state index in [1.54, 1.807) is 23.1 Å². The van der Waals surface area contributed by atoms with Crippen LogP contribution in [0.4, 0.5) is 0 Å². The van der Waals surface area contributed by atoms with Gasteiger partial charge in [-0.15, -0.1) is 0 Å². The molecule has 1 fully saturated rings. The van der Waals surface area contributed by atoms with E-state index in [1.807, 2.05) is 6.92 Å². The molecule has 0 aliphatic carbocycles. The number of rotatable bonds is 3. The van der Waals surface area contributed by atoms with Crippen molar-refractivity contribution in [1.82, 2.24) is 4.90 Å². The van der Waals surface area contributed by atoms with Crippen molar-refractivity contribution in [1.29, 1.82) is 0 Å². The van der Waals surface area contributed by atoms with Crippen LogP contribution in [0.3, 0.4) is 0 Å². The molecule has 1 saturated heterocycles. The molecule has 0 saturated carbocycles. The first-order valence-corrected chi connectivity index (χ1v) is 6.62. The maximum atomic E-state index is 12.3. The highest BCUT2D eigenvalue weighted by Gasteiger charge is 2.28. The van der Waals surface area contributed by atoms with Gasteiger partial charge < -0.3 is 10.0 Å². The minimum Gasteiger partial charge on any atom is -0.481 e. The van der Waals surface area contributed by atoms with Gasteiger partial charge in [0.05, 0.1) is 0 Å². The van der Waals surface area contributed by atoms with E-state index in [2.05, 4.69) is 0 Å². The quantitative estimate of drug-likeness (QED) is 0.926. The van der Waals surface area contributed by atoms with Gasteiger partial charge in [0, 0.05) is 30.1 Å². The molecule has 102 valence electrons. The number of hydrogen-bond donors (Lipinski definition) is 1. The van der Waals surface area contributed by atoms with Crippen LogP contribution < -0.4 is 0 Å². The third-order valence-corrected chi connectivity index (χ3v) is 3.69. The average Bonchev–Trinajstić information content (AvgIpc) is 2.75. The Balaban J connectivity index is 2.07. The lowest BCUT2D eigenvalue weighted by atomic mass is 10.1. The zero-order valence-corrected chi connectivity index (χ0v) is 11.5. The second-order valence-corrected chi connectivity index (χ2v) is 5.40. The maximum absolute atomic E-state index is 12.3. The number of carboxylic acid groups (broad SMARTS) is 1. The van der Waals surface area contributed by atoms with Gasteiger partial charge in [0.1, 0.15) is 0 Å². The van der Waals surface area contributed by atoms with Gasteiger partial charge >= 0.3 is 5.97 Å². The van der Waals surface area contributed by atoms with Gasteiger partial charge in [-0.2, -0.15) is 0 Å². The van der Waals surface area contributed by atoms with E-state index >= 15 is 0 Å². The Bertz CT molecular complexity index is 515. The predicted molar refractivity (Wildman–Crippen MR) is 72.5 cm³/mol. The fourth-order valence-corrected chi connectivity index (χ4v) is 2.69. The molecule has 1 atom stereocenters. The van der Waals surface area contributed by atoms with Gasteiger partial charge in [0.15, 0.2) is 0 Å². The van der Waals surface area contributed by atoms with Crippen molar-refractivity contribution in [3.05, 3.63) is 34.3 Å². The highest BCUT2D eigenvalue weighted by molar-refractivity contribution is 6.30. The van der Waals surface area contributed by atoms with E-state index in [-0.39, 0.29) is 18.2 Å². The first-order chi connectivity index (χ1) is 8.97. The van der Waals surface area contributed by atoms with Crippen LogP contribution >= 0.6 is 11.6 Å². The number of aliphatic carboxylic acids is 1. The fourth-order valence-electron chi connectivity index (χ4n) is 2.47. The van der Waals surface area contributed by atoms with Gasteiger partial charge in [-0.05, 0) is 43.0 Å². The van der Waals surface area contributed by atoms with Crippen molar-refractivity contribution in [3.8, 4) is 0 Å². The van der Waals surface area contributed by atoms with Crippen molar-refractivity contribution in [2.24, 2.45) is 5.92 Å². The van der Waals surface area contributed by atoms with E-state index in [0.29, 0.717) is 23.7 Å². The Morgan fingerprint density at radius 2 is 2.21 bits per heavy atom. The van der Waals surface area contributed by atoms with Gasteiger partial charge in [-0.1, -0.05) is 11.6 Å². The zero-order valence-electron chi connectivity index (χ0n) is 10.7. The summed E-state index contributed by atoms with van der Waals surface area (Å²) < 4.78 is 0. The lowest BCUT2D eigenvalue weighted by Gasteiger charge is -2.17. The highest BCUT2D eigenvalue weighted by atomic mass is 35.5. The summed E-state index contributed by atoms with van der Waals surface area (Å²) in [6.07, 6.45) is 0.883. The van der Waals surface area contributed by atoms with Crippen LogP contribution in [0.25, 0.3) is 0 Å². The number of carboxylic acids is 1. The van der Waals surface area contributed by atoms with Crippen LogP contribution in [0.2, 0.25) is 5.02 Å². The largest absolute Gasteiger partial charge is 0.481 e. The average molecular weight is 282 g/mol. The molecule has 1 N–H and O–H groups in total. The van der Waals surface area contributed by atoms with Gasteiger partial charge in [0.25, 0.3) is 5.91 Å². The molecule has 1 aliphatic heterocycles. The molecule has 4 nitrogen and oxygen atoms in total. The topological polar surface area (TPSA) is 57.6 Å². The van der Waals surface area contributed by atoms with Gasteiger partial charge in [-0.3, -0.25) is 9.59 Å². The van der Waals surface area contributed by atoms with E-state index in [4.69, 9.17) is 16.7 Å². The molecular formula is C14H16ClNO3. The van der Waals surface area contributed by atoms with Gasteiger partial charge in [-0.25, -0.2) is 0 Å². The third kappa shape index (κ3) is 3.26. The number of amides is 1. The highest BCUT2D eigenvalue weighted by Crippen LogP contribution is 2.23. The molecule has 19 heavy (non-hydrogen) atoms. The summed E-state index contributed by atoms with van der Waals surface area (Å²) in [5.41, 5.74) is 1.49. The molecule has 0 radical (unpaired) electrons. The van der Waals surface area contributed by atoms with Crippen molar-refractivity contribution in [2.75, 3.05) is 13.1 Å². The molecule has 0 bridgehead atoms. The molecule has 0 aromatic heterocycles. The van der Waals surface area contributed by atoms with Crippen LogP contribution in [0.5, 0.6) is 0 Å². The van der Waals surface area contributed by atoms with Crippen LogP contribution in [0.1, 0.15) is 28.8 Å². The molecule has 1 aliphatic rings. The summed E-state index contributed by atoms with van der Waals surface area (Å²) in [4.78, 5) is 24.7. The first kappa shape index (κ1) is 13.9. The molecule has 0 spiro atoms. The summed E-state index contributed by atoms with van der Waals surface area (Å²) in [5, 5.41) is 9.38. The lowest BCUT2D eigenvalue weighted by Crippen LogP contribution is -2.29. The van der Waals surface area contributed by atoms with Crippen molar-refractivity contribution in [2.45, 2.75) is 19.8 Å². The van der Waals surface area contributed by atoms with Crippen molar-refractivity contribution >= 4 is 23.5 Å². The zero-order chi connectivity index (χ0) is 14.0. The predicted octanol–water partition coefficient (Wildman–Crippen LogP) is 2.59. The summed E-state index contributed by atoms with van der Waals surface area (Å²) in [6.45, 7) is 3.00. The van der Waals surface area contributed by atoms with E-state index < -0.39 is 5.97 Å². The van der Waals surface area contributed by atoms with E-state index in [0.717, 1.165) is 12.0 Å². The molecule has 5 heteroatoms. The molecule has 1 aromatic carbocycles. The summed E-state index contributed by atoms with van der Waals surface area (Å²) in [6, 6.07) is 5.19. The molecular weight excluding hydrogens is 266 g/mol. The Labute approximate surface area is 117 Å². The van der Waals surface area contributed by atoms with Crippen LogP contribution in [0.15, 0.2) is 18.2 Å². The van der Waals surface area contributed by atoms with E-state index in [1.165, 1.54) is 0 Å². The van der Waals surface area contributed by atoms with Crippen LogP contribution in [-0.4, -0.2) is 35.0 Å². The lowest BCUT2D eigenvalue weighted by molar-refractivity contribution is -0.138. The van der Waals surface area contributed by atoms with Gasteiger partial charge in [0.2, 0.25) is 0 Å². The molecule has 1 aromatic rings. The SMILES string of the molecule is Cc1cc(Cl)ccc1C(=O)N1CCC(CC(=O)O)C1. The van der Waals surface area contributed by atoms with Crippen molar-refractivity contribution < 1.29 is 14.7 Å². The summed E-state index contributed by atoms with van der Waals surface area (Å²) >= 11 is 5.87. The maximum Gasteiger partial charge on any atom is 0.303 e. The number of aryl methyl sites for hydroxylation is 1. The molecule has 2 rings (SSSR count). The number of nitrogens with zero attached hydrogens (tertiary/aromatic N) is 1. The number of carbonyl (C=O) groups is 2. The summed E-state index contributed by atoms with van der Waals surface area (Å²) in [5.74, 6) is -0.780. The summed E-state index contributed by atoms with van der Waals surface area (Å²) in [7, 11) is 0. The minimum atomic E-state index is -0.804.